The summed E-state index contributed by atoms with van der Waals surface area (Å²) < 4.78 is 26.7. The first-order valence-corrected chi connectivity index (χ1v) is 13.4. The number of methoxy groups -OCH3 is 1. The average molecular weight is 554 g/mol. The van der Waals surface area contributed by atoms with Crippen molar-refractivity contribution in [2.75, 3.05) is 24.8 Å². The Hall–Kier alpha value is -4.92. The lowest BCUT2D eigenvalue weighted by molar-refractivity contribution is 0.0600. The molecule has 2 aromatic heterocycles. The molecule has 1 unspecified atom stereocenters. The molecule has 9 heteroatoms. The Bertz CT molecular complexity index is 1730. The van der Waals surface area contributed by atoms with E-state index >= 15 is 4.39 Å². The summed E-state index contributed by atoms with van der Waals surface area (Å²) in [7, 11) is 1.35. The number of aromatic nitrogens is 3. The number of halogens is 1. The van der Waals surface area contributed by atoms with Crippen LogP contribution in [-0.2, 0) is 11.2 Å². The molecule has 0 amide bonds. The van der Waals surface area contributed by atoms with Crippen LogP contribution in [0.1, 0.15) is 52.8 Å². The molecule has 8 nitrogen and oxygen atoms in total. The Morgan fingerprint density at radius 2 is 1.95 bits per heavy atom. The standard InChI is InChI=1S/C32H32FN5O3/c1-5-19-14-24(28(33)26(15-19)41-6-2)29(37-21-10-11-22-20(16-21)12-13-35-30(22)34)31-36-17-25(38-31)23-9-7-8-18(3)27(23)32(39)40-4/h7-17,29,37H,5-6H2,1-4H3,(H2,34,35)(H,36,38). The summed E-state index contributed by atoms with van der Waals surface area (Å²) in [6.45, 7) is 6.01. The highest BCUT2D eigenvalue weighted by Gasteiger charge is 2.26. The third-order valence-corrected chi connectivity index (χ3v) is 7.07. The Labute approximate surface area is 237 Å². The van der Waals surface area contributed by atoms with Crippen molar-refractivity contribution in [3.8, 4) is 17.0 Å². The Morgan fingerprint density at radius 1 is 1.12 bits per heavy atom. The summed E-state index contributed by atoms with van der Waals surface area (Å²) in [6.07, 6.45) is 3.98. The molecule has 3 aromatic carbocycles. The fourth-order valence-electron chi connectivity index (χ4n) is 4.99. The highest BCUT2D eigenvalue weighted by Crippen LogP contribution is 2.35. The number of nitrogens with two attached hydrogens (primary N) is 1. The van der Waals surface area contributed by atoms with Crippen molar-refractivity contribution in [3.63, 3.8) is 0 Å². The topological polar surface area (TPSA) is 115 Å². The fourth-order valence-corrected chi connectivity index (χ4v) is 4.99. The number of nitrogens with zero attached hydrogens (tertiary/aromatic N) is 2. The van der Waals surface area contributed by atoms with Gasteiger partial charge in [-0.15, -0.1) is 0 Å². The molecule has 1 atom stereocenters. The van der Waals surface area contributed by atoms with Crippen molar-refractivity contribution in [1.82, 2.24) is 15.0 Å². The van der Waals surface area contributed by atoms with Gasteiger partial charge in [-0.05, 0) is 67.1 Å². The lowest BCUT2D eigenvalue weighted by atomic mass is 9.99. The molecule has 0 aliphatic heterocycles. The molecule has 210 valence electrons. The molecule has 0 saturated heterocycles. The molecule has 0 radical (unpaired) electrons. The maximum absolute atomic E-state index is 16.0. The smallest absolute Gasteiger partial charge is 0.338 e. The van der Waals surface area contributed by atoms with Crippen molar-refractivity contribution >= 4 is 28.2 Å². The number of anilines is 2. The fraction of sp³-hybridized carbons (Fsp3) is 0.219. The minimum atomic E-state index is -0.725. The second-order valence-electron chi connectivity index (χ2n) is 9.66. The first-order valence-electron chi connectivity index (χ1n) is 13.4. The summed E-state index contributed by atoms with van der Waals surface area (Å²) in [4.78, 5) is 24.8. The summed E-state index contributed by atoms with van der Waals surface area (Å²) in [5, 5.41) is 5.18. The number of carbonyl (C=O) groups excluding carboxylic acids is 1. The molecule has 0 aliphatic rings. The number of nitrogen functional groups attached to an aromatic ring is 1. The minimum absolute atomic E-state index is 0.185. The predicted octanol–water partition coefficient (Wildman–Crippen LogP) is 6.60. The number of ether oxygens (including phenoxy) is 2. The number of pyridine rings is 1. The van der Waals surface area contributed by atoms with Crippen LogP contribution in [0.4, 0.5) is 15.9 Å². The van der Waals surface area contributed by atoms with Crippen molar-refractivity contribution in [3.05, 3.63) is 101 Å². The van der Waals surface area contributed by atoms with E-state index in [0.29, 0.717) is 47.1 Å². The molecule has 0 spiro atoms. The Morgan fingerprint density at radius 3 is 2.71 bits per heavy atom. The number of carbonyl (C=O) groups is 1. The van der Waals surface area contributed by atoms with Gasteiger partial charge in [-0.25, -0.2) is 19.2 Å². The molecular weight excluding hydrogens is 521 g/mol. The Balaban J connectivity index is 1.65. The van der Waals surface area contributed by atoms with Crippen LogP contribution in [0, 0.1) is 12.7 Å². The van der Waals surface area contributed by atoms with E-state index in [9.17, 15) is 4.79 Å². The number of hydrogen-bond donors (Lipinski definition) is 3. The average Bonchev–Trinajstić information content (AvgIpc) is 3.47. The molecule has 4 N–H and O–H groups in total. The molecule has 5 aromatic rings. The maximum atomic E-state index is 16.0. The summed E-state index contributed by atoms with van der Waals surface area (Å²) in [6, 6.07) is 15.9. The van der Waals surface area contributed by atoms with E-state index in [1.807, 2.05) is 69.3 Å². The van der Waals surface area contributed by atoms with Crippen LogP contribution >= 0.6 is 0 Å². The first kappa shape index (κ1) is 27.6. The summed E-state index contributed by atoms with van der Waals surface area (Å²) in [5.74, 6) is 0.158. The SMILES string of the molecule is CCOc1cc(CC)cc(C(Nc2ccc3c(N)nccc3c2)c2ncc(-c3cccc(C)c3C(=O)OC)[nH]2)c1F. The monoisotopic (exact) mass is 553 g/mol. The molecule has 5 rings (SSSR count). The van der Waals surface area contributed by atoms with E-state index in [4.69, 9.17) is 15.2 Å². The third kappa shape index (κ3) is 5.43. The van der Waals surface area contributed by atoms with Crippen LogP contribution in [0.15, 0.2) is 67.0 Å². The molecule has 41 heavy (non-hydrogen) atoms. The number of imidazole rings is 1. The van der Waals surface area contributed by atoms with E-state index < -0.39 is 17.8 Å². The summed E-state index contributed by atoms with van der Waals surface area (Å²) >= 11 is 0. The maximum Gasteiger partial charge on any atom is 0.338 e. The normalized spacial score (nSPS) is 11.8. The number of aryl methyl sites for hydroxylation is 2. The first-order chi connectivity index (χ1) is 19.8. The highest BCUT2D eigenvalue weighted by atomic mass is 19.1. The van der Waals surface area contributed by atoms with Gasteiger partial charge in [0.1, 0.15) is 17.7 Å². The number of nitrogens with one attached hydrogen (secondary N) is 2. The molecule has 0 aliphatic carbocycles. The predicted molar refractivity (Wildman–Crippen MR) is 159 cm³/mol. The van der Waals surface area contributed by atoms with Gasteiger partial charge >= 0.3 is 5.97 Å². The van der Waals surface area contributed by atoms with Crippen molar-refractivity contribution in [2.45, 2.75) is 33.2 Å². The number of fused-ring (bicyclic) bond motifs is 1. The van der Waals surface area contributed by atoms with Crippen molar-refractivity contribution in [2.24, 2.45) is 0 Å². The second kappa shape index (κ2) is 11.7. The van der Waals surface area contributed by atoms with Crippen LogP contribution < -0.4 is 15.8 Å². The van der Waals surface area contributed by atoms with Gasteiger partial charge in [-0.3, -0.25) is 0 Å². The third-order valence-electron chi connectivity index (χ3n) is 7.07. The highest BCUT2D eigenvalue weighted by molar-refractivity contribution is 5.98. The van der Waals surface area contributed by atoms with Gasteiger partial charge < -0.3 is 25.5 Å². The van der Waals surface area contributed by atoms with E-state index in [2.05, 4.69) is 20.3 Å². The lowest BCUT2D eigenvalue weighted by Crippen LogP contribution is -2.17. The number of H-pyrrole nitrogens is 1. The van der Waals surface area contributed by atoms with Gasteiger partial charge in [-0.2, -0.15) is 0 Å². The number of esters is 1. The van der Waals surface area contributed by atoms with E-state index in [1.54, 1.807) is 18.5 Å². The van der Waals surface area contributed by atoms with Crippen LogP contribution in [0.25, 0.3) is 22.0 Å². The van der Waals surface area contributed by atoms with E-state index in [-0.39, 0.29) is 5.75 Å². The lowest BCUT2D eigenvalue weighted by Gasteiger charge is -2.22. The Kier molecular flexibility index (Phi) is 7.87. The van der Waals surface area contributed by atoms with Gasteiger partial charge in [0.25, 0.3) is 0 Å². The molecule has 0 bridgehead atoms. The minimum Gasteiger partial charge on any atom is -0.491 e. The number of rotatable bonds is 9. The van der Waals surface area contributed by atoms with Gasteiger partial charge in [0.05, 0.1) is 31.2 Å². The van der Waals surface area contributed by atoms with Crippen LogP contribution in [0.2, 0.25) is 0 Å². The van der Waals surface area contributed by atoms with E-state index in [1.165, 1.54) is 7.11 Å². The van der Waals surface area contributed by atoms with Crippen LogP contribution in [-0.4, -0.2) is 34.6 Å². The zero-order chi connectivity index (χ0) is 29.1. The quantitative estimate of drug-likeness (QED) is 0.176. The van der Waals surface area contributed by atoms with Gasteiger partial charge in [-0.1, -0.05) is 31.2 Å². The number of hydrogen-bond acceptors (Lipinski definition) is 7. The molecule has 0 saturated carbocycles. The summed E-state index contributed by atoms with van der Waals surface area (Å²) in [5.41, 5.74) is 10.5. The second-order valence-corrected chi connectivity index (χ2v) is 9.66. The van der Waals surface area contributed by atoms with Crippen molar-refractivity contribution in [1.29, 1.82) is 0 Å². The van der Waals surface area contributed by atoms with Crippen molar-refractivity contribution < 1.29 is 18.7 Å². The van der Waals surface area contributed by atoms with Crippen LogP contribution in [0.5, 0.6) is 5.75 Å². The number of benzene rings is 3. The molecule has 2 heterocycles. The largest absolute Gasteiger partial charge is 0.491 e. The van der Waals surface area contributed by atoms with E-state index in [0.717, 1.165) is 27.6 Å². The van der Waals surface area contributed by atoms with Gasteiger partial charge in [0.15, 0.2) is 11.6 Å². The molecule has 0 fully saturated rings. The van der Waals surface area contributed by atoms with Gasteiger partial charge in [0, 0.05) is 28.4 Å². The molecular formula is C32H32FN5O3. The van der Waals surface area contributed by atoms with Gasteiger partial charge in [0.2, 0.25) is 0 Å². The number of aromatic amines is 1. The zero-order valence-corrected chi connectivity index (χ0v) is 23.4. The zero-order valence-electron chi connectivity index (χ0n) is 23.4. The van der Waals surface area contributed by atoms with Crippen LogP contribution in [0.3, 0.4) is 0 Å².